The Kier molecular flexibility index (Phi) is 4.82. The van der Waals surface area contributed by atoms with E-state index in [1.807, 2.05) is 6.92 Å². The quantitative estimate of drug-likeness (QED) is 0.493. The molecule has 0 spiro atoms. The maximum absolute atomic E-state index is 13.3. The molecule has 0 unspecified atom stereocenters. The predicted octanol–water partition coefficient (Wildman–Crippen LogP) is 1.99. The summed E-state index contributed by atoms with van der Waals surface area (Å²) in [7, 11) is 1.23. The first kappa shape index (κ1) is 18.4. The van der Waals surface area contributed by atoms with Gasteiger partial charge >= 0.3 is 5.97 Å². The number of benzene rings is 1. The van der Waals surface area contributed by atoms with Crippen molar-refractivity contribution in [1.29, 1.82) is 0 Å². The molecule has 4 rings (SSSR count). The number of furan rings is 1. The number of carbonyl (C=O) groups excluding carboxylic acids is 2. The Balaban J connectivity index is 1.89. The number of nitrogens with zero attached hydrogens (tertiary/aromatic N) is 4. The number of hydrogen-bond donors (Lipinski definition) is 1. The van der Waals surface area contributed by atoms with Crippen LogP contribution in [0, 0.1) is 0 Å². The molecule has 29 heavy (non-hydrogen) atoms. The Morgan fingerprint density at radius 2 is 2.03 bits per heavy atom. The fourth-order valence-corrected chi connectivity index (χ4v) is 3.15. The lowest BCUT2D eigenvalue weighted by atomic mass is 9.91. The number of allylic oxidation sites excluding steroid dienone is 1. The fourth-order valence-electron chi connectivity index (χ4n) is 3.15. The number of Topliss-reactive ketones (excluding diaryl/α,β-unsaturated/α-hetero) is 1. The lowest BCUT2D eigenvalue weighted by Crippen LogP contribution is -2.32. The first-order chi connectivity index (χ1) is 14.1. The molecule has 0 fully saturated rings. The van der Waals surface area contributed by atoms with Gasteiger partial charge in [-0.1, -0.05) is 17.2 Å². The van der Waals surface area contributed by atoms with Crippen LogP contribution < -0.4 is 10.1 Å². The van der Waals surface area contributed by atoms with Crippen LogP contribution in [0.25, 0.3) is 0 Å². The summed E-state index contributed by atoms with van der Waals surface area (Å²) in [5, 5.41) is 14.4. The zero-order chi connectivity index (χ0) is 20.4. The van der Waals surface area contributed by atoms with Crippen molar-refractivity contribution in [2.75, 3.05) is 19.0 Å². The van der Waals surface area contributed by atoms with E-state index in [4.69, 9.17) is 13.9 Å². The molecule has 3 aromatic rings. The van der Waals surface area contributed by atoms with E-state index in [9.17, 15) is 9.59 Å². The van der Waals surface area contributed by atoms with Crippen LogP contribution in [0.5, 0.6) is 5.75 Å². The van der Waals surface area contributed by atoms with Crippen molar-refractivity contribution in [1.82, 2.24) is 20.2 Å². The van der Waals surface area contributed by atoms with E-state index in [-0.39, 0.29) is 23.0 Å². The Labute approximate surface area is 165 Å². The number of ketones is 1. The molecule has 10 nitrogen and oxygen atoms in total. The highest BCUT2D eigenvalue weighted by Crippen LogP contribution is 2.37. The second-order valence-electron chi connectivity index (χ2n) is 6.06. The number of tetrazole rings is 1. The molecular formula is C19H17N5O5. The van der Waals surface area contributed by atoms with Crippen LogP contribution in [-0.4, -0.2) is 45.7 Å². The molecule has 0 aliphatic carbocycles. The minimum absolute atomic E-state index is 0.0462. The minimum atomic E-state index is -0.774. The van der Waals surface area contributed by atoms with Crippen molar-refractivity contribution in [3.05, 3.63) is 65.3 Å². The zero-order valence-corrected chi connectivity index (χ0v) is 15.7. The van der Waals surface area contributed by atoms with Gasteiger partial charge in [-0.2, -0.15) is 4.68 Å². The highest BCUT2D eigenvalue weighted by Gasteiger charge is 2.39. The van der Waals surface area contributed by atoms with Gasteiger partial charge in [-0.3, -0.25) is 4.79 Å². The number of aromatic nitrogens is 4. The van der Waals surface area contributed by atoms with Gasteiger partial charge in [0.2, 0.25) is 11.7 Å². The molecular weight excluding hydrogens is 378 g/mol. The maximum Gasteiger partial charge on any atom is 0.355 e. The van der Waals surface area contributed by atoms with Crippen molar-refractivity contribution in [2.45, 2.75) is 13.0 Å². The number of ether oxygens (including phenoxy) is 2. The zero-order valence-electron chi connectivity index (χ0n) is 15.7. The molecule has 1 N–H and O–H groups in total. The number of esters is 1. The normalized spacial score (nSPS) is 15.4. The third-order valence-corrected chi connectivity index (χ3v) is 4.40. The van der Waals surface area contributed by atoms with E-state index in [0.29, 0.717) is 17.9 Å². The summed E-state index contributed by atoms with van der Waals surface area (Å²) in [6, 6.07) is 9.47. The van der Waals surface area contributed by atoms with Crippen LogP contribution in [-0.2, 0) is 9.53 Å². The average molecular weight is 395 g/mol. The molecule has 0 saturated carbocycles. The summed E-state index contributed by atoms with van der Waals surface area (Å²) < 4.78 is 17.1. The van der Waals surface area contributed by atoms with E-state index >= 15 is 0 Å². The predicted molar refractivity (Wildman–Crippen MR) is 99.3 cm³/mol. The lowest BCUT2D eigenvalue weighted by Gasteiger charge is -2.27. The summed E-state index contributed by atoms with van der Waals surface area (Å²) in [6.07, 6.45) is 1.39. The van der Waals surface area contributed by atoms with Crippen molar-refractivity contribution in [3.8, 4) is 5.75 Å². The van der Waals surface area contributed by atoms with Crippen molar-refractivity contribution < 1.29 is 23.5 Å². The van der Waals surface area contributed by atoms with Crippen LogP contribution in [0.15, 0.2) is 58.3 Å². The van der Waals surface area contributed by atoms with Crippen molar-refractivity contribution in [2.24, 2.45) is 0 Å². The SMILES string of the molecule is CCOc1ccc([C@@H]2C(C(=O)c3ccco3)=C(C(=O)OC)Nc3nnnn32)cc1. The molecule has 1 aliphatic rings. The van der Waals surface area contributed by atoms with E-state index in [0.717, 1.165) is 0 Å². The fraction of sp³-hybridized carbons (Fsp3) is 0.211. The Hall–Kier alpha value is -3.95. The molecule has 0 radical (unpaired) electrons. The lowest BCUT2D eigenvalue weighted by molar-refractivity contribution is -0.136. The topological polar surface area (TPSA) is 121 Å². The van der Waals surface area contributed by atoms with Gasteiger partial charge in [0.1, 0.15) is 17.5 Å². The molecule has 10 heteroatoms. The molecule has 2 aromatic heterocycles. The maximum atomic E-state index is 13.3. The van der Waals surface area contributed by atoms with Gasteiger partial charge in [0.25, 0.3) is 0 Å². The van der Waals surface area contributed by atoms with Gasteiger partial charge < -0.3 is 19.2 Å². The Morgan fingerprint density at radius 1 is 1.24 bits per heavy atom. The van der Waals surface area contributed by atoms with Crippen molar-refractivity contribution in [3.63, 3.8) is 0 Å². The monoisotopic (exact) mass is 395 g/mol. The van der Waals surface area contributed by atoms with E-state index in [1.54, 1.807) is 30.3 Å². The minimum Gasteiger partial charge on any atom is -0.494 e. The largest absolute Gasteiger partial charge is 0.494 e. The second kappa shape index (κ2) is 7.58. The highest BCUT2D eigenvalue weighted by molar-refractivity contribution is 6.13. The van der Waals surface area contributed by atoms with Crippen LogP contribution in [0.4, 0.5) is 5.95 Å². The van der Waals surface area contributed by atoms with Crippen molar-refractivity contribution >= 4 is 17.7 Å². The number of rotatable bonds is 6. The Bertz CT molecular complexity index is 1070. The van der Waals surface area contributed by atoms with E-state index < -0.39 is 17.8 Å². The molecule has 0 bridgehead atoms. The molecule has 1 aliphatic heterocycles. The number of nitrogens with one attached hydrogen (secondary N) is 1. The third kappa shape index (κ3) is 3.24. The summed E-state index contributed by atoms with van der Waals surface area (Å²) in [5.74, 6) is -0.234. The summed E-state index contributed by atoms with van der Waals surface area (Å²) in [4.78, 5) is 25.7. The molecule has 148 valence electrons. The van der Waals surface area contributed by atoms with Crippen LogP contribution in [0.3, 0.4) is 0 Å². The van der Waals surface area contributed by atoms with Gasteiger partial charge in [0.15, 0.2) is 5.76 Å². The van der Waals surface area contributed by atoms with Gasteiger partial charge in [-0.25, -0.2) is 4.79 Å². The molecule has 0 saturated heterocycles. The number of methoxy groups -OCH3 is 1. The standard InChI is InChI=1S/C19H17N5O5/c1-3-28-12-8-6-11(7-9-12)16-14(17(25)13-5-4-10-29-13)15(18(26)27-2)20-19-21-22-23-24(16)19/h4-10,16H,3H2,1-2H3,(H,20,21,23)/t16-/m1/s1. The van der Waals surface area contributed by atoms with E-state index in [1.165, 1.54) is 24.1 Å². The molecule has 3 heterocycles. The number of fused-ring (bicyclic) bond motifs is 1. The number of carbonyl (C=O) groups is 2. The van der Waals surface area contributed by atoms with Crippen LogP contribution in [0.1, 0.15) is 29.1 Å². The summed E-state index contributed by atoms with van der Waals surface area (Å²) >= 11 is 0. The first-order valence-electron chi connectivity index (χ1n) is 8.82. The highest BCUT2D eigenvalue weighted by atomic mass is 16.5. The van der Waals surface area contributed by atoms with Gasteiger partial charge in [0, 0.05) is 0 Å². The Morgan fingerprint density at radius 3 is 2.69 bits per heavy atom. The summed E-state index contributed by atoms with van der Waals surface area (Å²) in [5.41, 5.74) is 0.741. The van der Waals surface area contributed by atoms with Crippen LogP contribution in [0.2, 0.25) is 0 Å². The summed E-state index contributed by atoms with van der Waals surface area (Å²) in [6.45, 7) is 2.41. The smallest absolute Gasteiger partial charge is 0.355 e. The van der Waals surface area contributed by atoms with Crippen LogP contribution >= 0.6 is 0 Å². The molecule has 1 atom stereocenters. The first-order valence-corrected chi connectivity index (χ1v) is 8.82. The third-order valence-electron chi connectivity index (χ3n) is 4.40. The second-order valence-corrected chi connectivity index (χ2v) is 6.06. The number of hydrogen-bond acceptors (Lipinski definition) is 9. The number of anilines is 1. The van der Waals surface area contributed by atoms with E-state index in [2.05, 4.69) is 20.8 Å². The molecule has 0 amide bonds. The molecule has 1 aromatic carbocycles. The van der Waals surface area contributed by atoms with Gasteiger partial charge in [0.05, 0.1) is 25.6 Å². The van der Waals surface area contributed by atoms with Gasteiger partial charge in [-0.05, 0) is 47.2 Å². The average Bonchev–Trinajstić information content (AvgIpc) is 3.44. The van der Waals surface area contributed by atoms with Gasteiger partial charge in [-0.15, -0.1) is 0 Å².